The minimum atomic E-state index is 0.534. The van der Waals surface area contributed by atoms with Crippen molar-refractivity contribution in [2.75, 3.05) is 0 Å². The maximum Gasteiger partial charge on any atom is 0.237 e. The number of rotatable bonds is 8. The maximum absolute atomic E-state index is 6.43. The van der Waals surface area contributed by atoms with Gasteiger partial charge in [0.1, 0.15) is 0 Å². The third-order valence-electron chi connectivity index (χ3n) is 4.32. The van der Waals surface area contributed by atoms with Gasteiger partial charge in [0.2, 0.25) is 5.89 Å². The van der Waals surface area contributed by atoms with Gasteiger partial charge >= 0.3 is 0 Å². The van der Waals surface area contributed by atoms with Gasteiger partial charge in [-0.1, -0.05) is 77.9 Å². The van der Waals surface area contributed by atoms with Gasteiger partial charge < -0.3 is 4.52 Å². The van der Waals surface area contributed by atoms with E-state index in [1.807, 2.05) is 42.5 Å². The van der Waals surface area contributed by atoms with E-state index in [1.54, 1.807) is 0 Å². The zero-order chi connectivity index (χ0) is 20.1. The van der Waals surface area contributed by atoms with Crippen molar-refractivity contribution in [2.45, 2.75) is 37.2 Å². The molecule has 0 fully saturated rings. The predicted octanol–water partition coefficient (Wildman–Crippen LogP) is 5.27. The van der Waals surface area contributed by atoms with E-state index in [-0.39, 0.29) is 0 Å². The average Bonchev–Trinajstić information content (AvgIpc) is 3.35. The summed E-state index contributed by atoms with van der Waals surface area (Å²) in [6.45, 7) is 2.73. The molecule has 0 bridgehead atoms. The van der Waals surface area contributed by atoms with E-state index < -0.39 is 0 Å². The van der Waals surface area contributed by atoms with E-state index in [0.29, 0.717) is 23.2 Å². The van der Waals surface area contributed by atoms with Crippen molar-refractivity contribution in [1.29, 1.82) is 0 Å². The SMILES string of the molecule is CCCc1noc(CSc2nnc(-c3ccccc3Cl)n2Cc2ccccc2)n1. The quantitative estimate of drug-likeness (QED) is 0.358. The summed E-state index contributed by atoms with van der Waals surface area (Å²) in [5, 5.41) is 14.3. The average molecular weight is 426 g/mol. The Morgan fingerprint density at radius 1 is 1.03 bits per heavy atom. The van der Waals surface area contributed by atoms with Crippen molar-refractivity contribution in [3.63, 3.8) is 0 Å². The fourth-order valence-electron chi connectivity index (χ4n) is 2.95. The molecule has 0 N–H and O–H groups in total. The van der Waals surface area contributed by atoms with Crippen LogP contribution < -0.4 is 0 Å². The molecule has 6 nitrogen and oxygen atoms in total. The molecule has 8 heteroatoms. The second kappa shape index (κ2) is 9.24. The molecule has 29 heavy (non-hydrogen) atoms. The lowest BCUT2D eigenvalue weighted by molar-refractivity contribution is 0.384. The van der Waals surface area contributed by atoms with E-state index in [0.717, 1.165) is 40.8 Å². The first-order valence-electron chi connectivity index (χ1n) is 9.41. The van der Waals surface area contributed by atoms with Gasteiger partial charge in [-0.05, 0) is 24.1 Å². The fraction of sp³-hybridized carbons (Fsp3) is 0.238. The van der Waals surface area contributed by atoms with Crippen molar-refractivity contribution in [3.8, 4) is 11.4 Å². The van der Waals surface area contributed by atoms with E-state index in [9.17, 15) is 0 Å². The standard InChI is InChI=1S/C21H20ClN5OS/c1-2-8-18-23-19(28-26-18)14-29-21-25-24-20(16-11-6-7-12-17(16)22)27(21)13-15-9-4-3-5-10-15/h3-7,9-12H,2,8,13-14H2,1H3. The number of aryl methyl sites for hydroxylation is 1. The highest BCUT2D eigenvalue weighted by atomic mass is 35.5. The molecule has 4 rings (SSSR count). The van der Waals surface area contributed by atoms with Crippen LogP contribution in [0.15, 0.2) is 64.3 Å². The van der Waals surface area contributed by atoms with Crippen LogP contribution in [0.1, 0.15) is 30.6 Å². The number of hydrogen-bond donors (Lipinski definition) is 0. The van der Waals surface area contributed by atoms with E-state index in [1.165, 1.54) is 11.8 Å². The van der Waals surface area contributed by atoms with Gasteiger partial charge in [-0.3, -0.25) is 4.57 Å². The van der Waals surface area contributed by atoms with Crippen LogP contribution in [0.4, 0.5) is 0 Å². The highest BCUT2D eigenvalue weighted by Gasteiger charge is 2.18. The molecule has 0 aliphatic carbocycles. The molecule has 0 saturated heterocycles. The summed E-state index contributed by atoms with van der Waals surface area (Å²) >= 11 is 7.95. The first-order valence-corrected chi connectivity index (χ1v) is 10.8. The van der Waals surface area contributed by atoms with Crippen LogP contribution in [-0.2, 0) is 18.7 Å². The van der Waals surface area contributed by atoms with Crippen LogP contribution in [0.5, 0.6) is 0 Å². The number of halogens is 1. The van der Waals surface area contributed by atoms with Crippen LogP contribution in [0.25, 0.3) is 11.4 Å². The van der Waals surface area contributed by atoms with Gasteiger partial charge in [0.15, 0.2) is 16.8 Å². The van der Waals surface area contributed by atoms with Crippen LogP contribution in [-0.4, -0.2) is 24.9 Å². The molecule has 0 saturated carbocycles. The summed E-state index contributed by atoms with van der Waals surface area (Å²) in [7, 11) is 0. The summed E-state index contributed by atoms with van der Waals surface area (Å²) in [5.74, 6) is 2.60. The summed E-state index contributed by atoms with van der Waals surface area (Å²) in [4.78, 5) is 4.43. The highest BCUT2D eigenvalue weighted by Crippen LogP contribution is 2.31. The summed E-state index contributed by atoms with van der Waals surface area (Å²) in [6, 6.07) is 17.9. The molecule has 0 spiro atoms. The first kappa shape index (κ1) is 19.7. The zero-order valence-corrected chi connectivity index (χ0v) is 17.5. The Morgan fingerprint density at radius 2 is 1.83 bits per heavy atom. The van der Waals surface area contributed by atoms with E-state index in [2.05, 4.69) is 44.0 Å². The van der Waals surface area contributed by atoms with Crippen molar-refractivity contribution in [3.05, 3.63) is 76.9 Å². The van der Waals surface area contributed by atoms with Gasteiger partial charge in [0.05, 0.1) is 17.3 Å². The molecular weight excluding hydrogens is 406 g/mol. The van der Waals surface area contributed by atoms with Gasteiger partial charge in [0.25, 0.3) is 0 Å². The molecule has 0 unspecified atom stereocenters. The lowest BCUT2D eigenvalue weighted by Crippen LogP contribution is -2.04. The Balaban J connectivity index is 1.63. The van der Waals surface area contributed by atoms with Crippen molar-refractivity contribution >= 4 is 23.4 Å². The molecule has 0 aliphatic heterocycles. The molecule has 4 aromatic rings. The number of thioether (sulfide) groups is 1. The molecule has 2 aromatic heterocycles. The predicted molar refractivity (Wildman–Crippen MR) is 114 cm³/mol. The minimum Gasteiger partial charge on any atom is -0.338 e. The molecule has 0 radical (unpaired) electrons. The summed E-state index contributed by atoms with van der Waals surface area (Å²) in [5.41, 5.74) is 2.01. The molecule has 0 amide bonds. The van der Waals surface area contributed by atoms with Gasteiger partial charge in [-0.25, -0.2) is 0 Å². The van der Waals surface area contributed by atoms with Crippen molar-refractivity contribution in [1.82, 2.24) is 24.9 Å². The van der Waals surface area contributed by atoms with Gasteiger partial charge in [0, 0.05) is 12.0 Å². The Kier molecular flexibility index (Phi) is 6.27. The topological polar surface area (TPSA) is 69.6 Å². The molecular formula is C21H20ClN5OS. The highest BCUT2D eigenvalue weighted by molar-refractivity contribution is 7.98. The van der Waals surface area contributed by atoms with Crippen LogP contribution in [0, 0.1) is 0 Å². The molecule has 0 atom stereocenters. The van der Waals surface area contributed by atoms with E-state index in [4.69, 9.17) is 16.1 Å². The third kappa shape index (κ3) is 4.68. The van der Waals surface area contributed by atoms with Gasteiger partial charge in [-0.15, -0.1) is 10.2 Å². The summed E-state index contributed by atoms with van der Waals surface area (Å²) in [6.07, 6.45) is 1.80. The zero-order valence-electron chi connectivity index (χ0n) is 16.0. The monoisotopic (exact) mass is 425 g/mol. The van der Waals surface area contributed by atoms with Crippen molar-refractivity contribution in [2.24, 2.45) is 0 Å². The van der Waals surface area contributed by atoms with Crippen LogP contribution in [0.2, 0.25) is 5.02 Å². The number of benzene rings is 2. The Bertz CT molecular complexity index is 1080. The third-order valence-corrected chi connectivity index (χ3v) is 5.60. The number of nitrogens with zero attached hydrogens (tertiary/aromatic N) is 5. The van der Waals surface area contributed by atoms with Gasteiger partial charge in [-0.2, -0.15) is 4.98 Å². The van der Waals surface area contributed by atoms with Crippen LogP contribution in [0.3, 0.4) is 0 Å². The number of hydrogen-bond acceptors (Lipinski definition) is 6. The number of aromatic nitrogens is 5. The van der Waals surface area contributed by atoms with Crippen LogP contribution >= 0.6 is 23.4 Å². The second-order valence-electron chi connectivity index (χ2n) is 6.50. The molecule has 2 aromatic carbocycles. The Hall–Kier alpha value is -2.64. The Morgan fingerprint density at radius 3 is 2.62 bits per heavy atom. The lowest BCUT2D eigenvalue weighted by atomic mass is 10.2. The second-order valence-corrected chi connectivity index (χ2v) is 7.85. The molecule has 0 aliphatic rings. The van der Waals surface area contributed by atoms with Crippen molar-refractivity contribution < 1.29 is 4.52 Å². The molecule has 148 valence electrons. The Labute approximate surface area is 178 Å². The molecule has 2 heterocycles. The fourth-order valence-corrected chi connectivity index (χ4v) is 3.94. The van der Waals surface area contributed by atoms with E-state index >= 15 is 0 Å². The smallest absolute Gasteiger partial charge is 0.237 e. The first-order chi connectivity index (χ1) is 14.2. The maximum atomic E-state index is 6.43. The summed E-state index contributed by atoms with van der Waals surface area (Å²) < 4.78 is 7.42. The lowest BCUT2D eigenvalue weighted by Gasteiger charge is -2.11. The normalized spacial score (nSPS) is 11.1. The largest absolute Gasteiger partial charge is 0.338 e. The minimum absolute atomic E-state index is 0.534.